The first-order valence-corrected chi connectivity index (χ1v) is 13.3. The predicted molar refractivity (Wildman–Crippen MR) is 112 cm³/mol. The Morgan fingerprint density at radius 1 is 1.37 bits per heavy atom. The standard InChI is InChI=1S/C20H33NO4SSi/c1-20(2,3)18(25-27(5)6)15-10-12-17(22)21(15)13-7-8-14-9-11-16(26-14)19(23)24-4/h9,11,15,18,27H,7-8,10,12-13H2,1-6H3. The Labute approximate surface area is 168 Å². The lowest BCUT2D eigenvalue weighted by Gasteiger charge is -2.40. The maximum Gasteiger partial charge on any atom is 0.348 e. The lowest BCUT2D eigenvalue weighted by Crippen LogP contribution is -2.50. The number of carbonyl (C=O) groups excluding carboxylic acids is 2. The van der Waals surface area contributed by atoms with Gasteiger partial charge in [-0.15, -0.1) is 11.3 Å². The molecule has 2 unspecified atom stereocenters. The fourth-order valence-electron chi connectivity index (χ4n) is 3.67. The maximum absolute atomic E-state index is 12.5. The third-order valence-electron chi connectivity index (χ3n) is 4.87. The maximum atomic E-state index is 12.5. The largest absolute Gasteiger partial charge is 0.465 e. The van der Waals surface area contributed by atoms with Crippen molar-refractivity contribution < 1.29 is 18.8 Å². The number of esters is 1. The highest BCUT2D eigenvalue weighted by Gasteiger charge is 2.42. The van der Waals surface area contributed by atoms with Crippen molar-refractivity contribution in [2.45, 2.75) is 71.7 Å². The number of methoxy groups -OCH3 is 1. The van der Waals surface area contributed by atoms with Gasteiger partial charge in [0.05, 0.1) is 19.3 Å². The zero-order valence-corrected chi connectivity index (χ0v) is 19.4. The summed E-state index contributed by atoms with van der Waals surface area (Å²) < 4.78 is 11.1. The number of amides is 1. The average molecular weight is 412 g/mol. The van der Waals surface area contributed by atoms with Crippen molar-refractivity contribution in [3.63, 3.8) is 0 Å². The van der Waals surface area contributed by atoms with Crippen LogP contribution >= 0.6 is 11.3 Å². The lowest BCUT2D eigenvalue weighted by molar-refractivity contribution is -0.131. The van der Waals surface area contributed by atoms with Crippen LogP contribution < -0.4 is 0 Å². The van der Waals surface area contributed by atoms with Gasteiger partial charge in [0.15, 0.2) is 9.04 Å². The molecule has 0 aliphatic carbocycles. The second-order valence-electron chi connectivity index (χ2n) is 8.53. The van der Waals surface area contributed by atoms with Crippen LogP contribution in [0.5, 0.6) is 0 Å². The first-order valence-electron chi connectivity index (χ1n) is 9.75. The highest BCUT2D eigenvalue weighted by Crippen LogP contribution is 2.34. The van der Waals surface area contributed by atoms with Gasteiger partial charge < -0.3 is 14.1 Å². The normalized spacial score (nSPS) is 19.0. The summed E-state index contributed by atoms with van der Waals surface area (Å²) in [6.07, 6.45) is 3.33. The first kappa shape index (κ1) is 22.1. The second kappa shape index (κ2) is 9.34. The quantitative estimate of drug-likeness (QED) is 0.481. The van der Waals surface area contributed by atoms with Crippen molar-refractivity contribution in [3.05, 3.63) is 21.9 Å². The molecule has 0 N–H and O–H groups in total. The third-order valence-corrected chi connectivity index (χ3v) is 6.83. The SMILES string of the molecule is COC(=O)c1ccc(CCCN2C(=O)CCC2C(O[SiH](C)C)C(C)(C)C)s1. The van der Waals surface area contributed by atoms with Gasteiger partial charge in [-0.1, -0.05) is 20.8 Å². The molecule has 2 atom stereocenters. The van der Waals surface area contributed by atoms with E-state index in [9.17, 15) is 9.59 Å². The monoisotopic (exact) mass is 411 g/mol. The van der Waals surface area contributed by atoms with Crippen LogP contribution in [-0.4, -0.2) is 51.6 Å². The summed E-state index contributed by atoms with van der Waals surface area (Å²) in [5.41, 5.74) is 0.00791. The van der Waals surface area contributed by atoms with Gasteiger partial charge in [0.2, 0.25) is 5.91 Å². The number of hydrogen-bond acceptors (Lipinski definition) is 5. The highest BCUT2D eigenvalue weighted by molar-refractivity contribution is 7.13. The highest BCUT2D eigenvalue weighted by atomic mass is 32.1. The van der Waals surface area contributed by atoms with Gasteiger partial charge in [-0.2, -0.15) is 0 Å². The molecule has 5 nitrogen and oxygen atoms in total. The van der Waals surface area contributed by atoms with Crippen molar-refractivity contribution in [2.24, 2.45) is 5.41 Å². The van der Waals surface area contributed by atoms with Crippen molar-refractivity contribution >= 4 is 32.3 Å². The topological polar surface area (TPSA) is 55.8 Å². The molecule has 1 aromatic rings. The van der Waals surface area contributed by atoms with Crippen LogP contribution in [0.1, 0.15) is 54.6 Å². The van der Waals surface area contributed by atoms with Crippen LogP contribution in [0.4, 0.5) is 0 Å². The molecule has 0 radical (unpaired) electrons. The summed E-state index contributed by atoms with van der Waals surface area (Å²) in [5, 5.41) is 0. The Morgan fingerprint density at radius 2 is 2.07 bits per heavy atom. The van der Waals surface area contributed by atoms with Crippen molar-refractivity contribution in [1.29, 1.82) is 0 Å². The summed E-state index contributed by atoms with van der Waals surface area (Å²) in [6, 6.07) is 3.96. The molecule has 1 saturated heterocycles. The van der Waals surface area contributed by atoms with Crippen LogP contribution in [-0.2, 0) is 20.4 Å². The molecule has 1 fully saturated rings. The molecule has 7 heteroatoms. The van der Waals surface area contributed by atoms with Crippen LogP contribution in [0, 0.1) is 5.41 Å². The zero-order chi connectivity index (χ0) is 20.2. The van der Waals surface area contributed by atoms with Gasteiger partial charge in [-0.3, -0.25) is 4.79 Å². The summed E-state index contributed by atoms with van der Waals surface area (Å²) in [6.45, 7) is 11.7. The Morgan fingerprint density at radius 3 is 2.67 bits per heavy atom. The minimum atomic E-state index is -1.20. The van der Waals surface area contributed by atoms with Crippen LogP contribution in [0.2, 0.25) is 13.1 Å². The molecule has 0 spiro atoms. The molecule has 1 aliphatic heterocycles. The number of thiophene rings is 1. The van der Waals surface area contributed by atoms with Crippen LogP contribution in [0.25, 0.3) is 0 Å². The number of rotatable bonds is 8. The van der Waals surface area contributed by atoms with E-state index in [4.69, 9.17) is 9.16 Å². The molecular formula is C20H33NO4SSi. The Kier molecular flexibility index (Phi) is 7.65. The Hall–Kier alpha value is -1.18. The van der Waals surface area contributed by atoms with Crippen molar-refractivity contribution in [2.75, 3.05) is 13.7 Å². The van der Waals surface area contributed by atoms with E-state index >= 15 is 0 Å². The zero-order valence-electron chi connectivity index (χ0n) is 17.4. The molecule has 2 heterocycles. The minimum Gasteiger partial charge on any atom is -0.465 e. The number of likely N-dealkylation sites (tertiary alicyclic amines) is 1. The van der Waals surface area contributed by atoms with Gasteiger partial charge in [0.25, 0.3) is 0 Å². The van der Waals surface area contributed by atoms with Gasteiger partial charge in [0, 0.05) is 17.8 Å². The summed E-state index contributed by atoms with van der Waals surface area (Å²) >= 11 is 1.47. The average Bonchev–Trinajstić information content (AvgIpc) is 3.19. The van der Waals surface area contributed by atoms with E-state index in [1.54, 1.807) is 0 Å². The van der Waals surface area contributed by atoms with E-state index in [1.165, 1.54) is 18.4 Å². The number of carbonyl (C=O) groups is 2. The Bertz CT molecular complexity index is 653. The van der Waals surface area contributed by atoms with E-state index < -0.39 is 9.04 Å². The number of hydrogen-bond donors (Lipinski definition) is 0. The number of ether oxygens (including phenoxy) is 1. The van der Waals surface area contributed by atoms with Crippen LogP contribution in [0.15, 0.2) is 12.1 Å². The molecule has 2 rings (SSSR count). The molecule has 1 aromatic heterocycles. The van der Waals surface area contributed by atoms with E-state index in [1.807, 2.05) is 17.0 Å². The van der Waals surface area contributed by atoms with E-state index in [0.29, 0.717) is 11.3 Å². The fraction of sp³-hybridized carbons (Fsp3) is 0.700. The molecular weight excluding hydrogens is 378 g/mol. The van der Waals surface area contributed by atoms with Crippen molar-refractivity contribution in [3.8, 4) is 0 Å². The fourth-order valence-corrected chi connectivity index (χ4v) is 5.82. The first-order chi connectivity index (χ1) is 12.6. The minimum absolute atomic E-state index is 0.00791. The lowest BCUT2D eigenvalue weighted by atomic mass is 9.84. The van der Waals surface area contributed by atoms with Gasteiger partial charge in [-0.05, 0) is 49.9 Å². The molecule has 0 bridgehead atoms. The van der Waals surface area contributed by atoms with E-state index in [-0.39, 0.29) is 29.4 Å². The molecule has 1 aliphatic rings. The van der Waals surface area contributed by atoms with Crippen molar-refractivity contribution in [1.82, 2.24) is 4.90 Å². The molecule has 1 amide bonds. The van der Waals surface area contributed by atoms with Crippen LogP contribution in [0.3, 0.4) is 0 Å². The van der Waals surface area contributed by atoms with E-state index in [2.05, 4.69) is 33.9 Å². The summed E-state index contributed by atoms with van der Waals surface area (Å²) in [5.74, 6) is -0.0474. The summed E-state index contributed by atoms with van der Waals surface area (Å²) in [4.78, 5) is 27.9. The number of nitrogens with zero attached hydrogens (tertiary/aromatic N) is 1. The van der Waals surface area contributed by atoms with E-state index in [0.717, 1.165) is 30.7 Å². The molecule has 27 heavy (non-hydrogen) atoms. The molecule has 152 valence electrons. The van der Waals surface area contributed by atoms with Gasteiger partial charge in [-0.25, -0.2) is 4.79 Å². The molecule has 0 aromatic carbocycles. The Balaban J connectivity index is 1.99. The van der Waals surface area contributed by atoms with Gasteiger partial charge in [0.1, 0.15) is 4.88 Å². The smallest absolute Gasteiger partial charge is 0.348 e. The number of aryl methyl sites for hydroxylation is 1. The third kappa shape index (κ3) is 5.89. The second-order valence-corrected chi connectivity index (χ2v) is 12.1. The molecule has 0 saturated carbocycles. The van der Waals surface area contributed by atoms with Gasteiger partial charge >= 0.3 is 5.97 Å². The summed E-state index contributed by atoms with van der Waals surface area (Å²) in [7, 11) is 0.199. The predicted octanol–water partition coefficient (Wildman–Crippen LogP) is 3.87.